The van der Waals surface area contributed by atoms with Gasteiger partial charge < -0.3 is 5.32 Å². The van der Waals surface area contributed by atoms with Gasteiger partial charge in [-0.3, -0.25) is 9.59 Å². The molecule has 0 radical (unpaired) electrons. The second-order valence-corrected chi connectivity index (χ2v) is 6.28. The molecular formula is C15H29NO2. The van der Waals surface area contributed by atoms with E-state index in [2.05, 4.69) is 26.1 Å². The van der Waals surface area contributed by atoms with Crippen LogP contribution in [0.15, 0.2) is 0 Å². The average molecular weight is 255 g/mol. The number of hydrogen-bond donors (Lipinski definition) is 1. The first-order valence-corrected chi connectivity index (χ1v) is 7.07. The van der Waals surface area contributed by atoms with Gasteiger partial charge in [0.1, 0.15) is 0 Å². The van der Waals surface area contributed by atoms with Gasteiger partial charge in [-0.1, -0.05) is 46.5 Å². The number of rotatable bonds is 9. The minimum atomic E-state index is -0.134. The van der Waals surface area contributed by atoms with E-state index in [0.29, 0.717) is 11.8 Å². The Morgan fingerprint density at radius 3 is 2.06 bits per heavy atom. The fourth-order valence-corrected chi connectivity index (χ4v) is 1.82. The summed E-state index contributed by atoms with van der Waals surface area (Å²) < 4.78 is 0. The molecule has 0 spiro atoms. The quantitative estimate of drug-likeness (QED) is 0.641. The van der Waals surface area contributed by atoms with Gasteiger partial charge in [-0.15, -0.1) is 0 Å². The molecule has 0 heterocycles. The predicted molar refractivity (Wildman–Crippen MR) is 75.5 cm³/mol. The number of carbonyl (C=O) groups is 2. The molecule has 0 saturated carbocycles. The number of nitrogens with one attached hydrogen (secondary N) is 1. The van der Waals surface area contributed by atoms with Crippen LogP contribution in [0.1, 0.15) is 72.6 Å². The first-order valence-electron chi connectivity index (χ1n) is 7.07. The lowest BCUT2D eigenvalue weighted by atomic mass is 9.89. The number of carbonyl (C=O) groups excluding carboxylic acids is 2. The SMILES string of the molecule is CC(=O)NCC(=O)CCCCCCCC(C)(C)C. The maximum absolute atomic E-state index is 11.4. The van der Waals surface area contributed by atoms with Gasteiger partial charge in [0.25, 0.3) is 0 Å². The lowest BCUT2D eigenvalue weighted by Crippen LogP contribution is -2.26. The standard InChI is InChI=1S/C15H29NO2/c1-13(17)16-12-14(18)10-8-6-5-7-9-11-15(2,3)4/h5-12H2,1-4H3,(H,16,17). The van der Waals surface area contributed by atoms with Gasteiger partial charge in [-0.05, 0) is 18.3 Å². The van der Waals surface area contributed by atoms with Crippen molar-refractivity contribution in [3.05, 3.63) is 0 Å². The van der Waals surface area contributed by atoms with Crippen molar-refractivity contribution in [2.45, 2.75) is 72.6 Å². The Morgan fingerprint density at radius 2 is 1.50 bits per heavy atom. The highest BCUT2D eigenvalue weighted by atomic mass is 16.2. The summed E-state index contributed by atoms with van der Waals surface area (Å²) in [6.45, 7) is 8.44. The molecule has 3 heteroatoms. The normalized spacial score (nSPS) is 11.3. The highest BCUT2D eigenvalue weighted by molar-refractivity contribution is 5.85. The number of ketones is 1. The Morgan fingerprint density at radius 1 is 0.944 bits per heavy atom. The zero-order valence-corrected chi connectivity index (χ0v) is 12.5. The van der Waals surface area contributed by atoms with Crippen LogP contribution in [0.2, 0.25) is 0 Å². The van der Waals surface area contributed by atoms with Gasteiger partial charge in [0.15, 0.2) is 5.78 Å². The Kier molecular flexibility index (Phi) is 8.69. The van der Waals surface area contributed by atoms with Crippen LogP contribution in [0, 0.1) is 5.41 Å². The molecule has 0 aliphatic heterocycles. The summed E-state index contributed by atoms with van der Waals surface area (Å²) in [5.41, 5.74) is 0.439. The van der Waals surface area contributed by atoms with Gasteiger partial charge in [-0.2, -0.15) is 0 Å². The van der Waals surface area contributed by atoms with Crippen LogP contribution in [0.4, 0.5) is 0 Å². The average Bonchev–Trinajstić information content (AvgIpc) is 2.23. The highest BCUT2D eigenvalue weighted by Gasteiger charge is 2.08. The molecule has 106 valence electrons. The molecule has 0 bridgehead atoms. The molecule has 0 aliphatic carbocycles. The summed E-state index contributed by atoms with van der Waals surface area (Å²) in [6, 6.07) is 0. The van der Waals surface area contributed by atoms with E-state index in [0.717, 1.165) is 12.8 Å². The molecule has 0 aromatic carbocycles. The molecule has 0 saturated heterocycles. The summed E-state index contributed by atoms with van der Waals surface area (Å²) in [7, 11) is 0. The second-order valence-electron chi connectivity index (χ2n) is 6.28. The molecule has 0 aromatic rings. The topological polar surface area (TPSA) is 46.2 Å². The molecule has 0 rings (SSSR count). The van der Waals surface area contributed by atoms with Gasteiger partial charge in [0.2, 0.25) is 5.91 Å². The Hall–Kier alpha value is -0.860. The molecular weight excluding hydrogens is 226 g/mol. The molecule has 1 amide bonds. The van der Waals surface area contributed by atoms with Crippen molar-refractivity contribution in [3.63, 3.8) is 0 Å². The van der Waals surface area contributed by atoms with E-state index < -0.39 is 0 Å². The van der Waals surface area contributed by atoms with Crippen molar-refractivity contribution < 1.29 is 9.59 Å². The van der Waals surface area contributed by atoms with Crippen LogP contribution < -0.4 is 5.32 Å². The molecule has 1 N–H and O–H groups in total. The first-order chi connectivity index (χ1) is 8.31. The van der Waals surface area contributed by atoms with E-state index in [9.17, 15) is 9.59 Å². The zero-order chi connectivity index (χ0) is 14.0. The van der Waals surface area contributed by atoms with E-state index in [1.807, 2.05) is 0 Å². The third-order valence-corrected chi connectivity index (χ3v) is 2.92. The molecule has 0 aromatic heterocycles. The molecule has 0 fully saturated rings. The van der Waals surface area contributed by atoms with Crippen LogP contribution in [-0.2, 0) is 9.59 Å². The predicted octanol–water partition coefficient (Wildman–Crippen LogP) is 3.47. The second kappa shape index (κ2) is 9.12. The summed E-state index contributed by atoms with van der Waals surface area (Å²) in [4.78, 5) is 22.0. The van der Waals surface area contributed by atoms with Crippen molar-refractivity contribution in [2.75, 3.05) is 6.54 Å². The van der Waals surface area contributed by atoms with Gasteiger partial charge in [0.05, 0.1) is 6.54 Å². The maximum atomic E-state index is 11.4. The van der Waals surface area contributed by atoms with Crippen molar-refractivity contribution in [1.29, 1.82) is 0 Å². The van der Waals surface area contributed by atoms with Crippen LogP contribution in [0.25, 0.3) is 0 Å². The fraction of sp³-hybridized carbons (Fsp3) is 0.867. The Bertz CT molecular complexity index is 254. The van der Waals surface area contributed by atoms with Crippen LogP contribution >= 0.6 is 0 Å². The number of unbranched alkanes of at least 4 members (excludes halogenated alkanes) is 4. The number of hydrogen-bond acceptors (Lipinski definition) is 2. The monoisotopic (exact) mass is 255 g/mol. The summed E-state index contributed by atoms with van der Waals surface area (Å²) in [5, 5.41) is 2.53. The van der Waals surface area contributed by atoms with Gasteiger partial charge in [-0.25, -0.2) is 0 Å². The third-order valence-electron chi connectivity index (χ3n) is 2.92. The smallest absolute Gasteiger partial charge is 0.217 e. The van der Waals surface area contributed by atoms with Crippen LogP contribution in [0.5, 0.6) is 0 Å². The van der Waals surface area contributed by atoms with E-state index in [1.165, 1.54) is 32.6 Å². The Balaban J connectivity index is 3.30. The highest BCUT2D eigenvalue weighted by Crippen LogP contribution is 2.22. The molecule has 0 unspecified atom stereocenters. The molecule has 0 atom stereocenters. The van der Waals surface area contributed by atoms with Crippen molar-refractivity contribution in [3.8, 4) is 0 Å². The fourth-order valence-electron chi connectivity index (χ4n) is 1.82. The Labute approximate surface area is 112 Å². The minimum Gasteiger partial charge on any atom is -0.349 e. The molecule has 0 aliphatic rings. The minimum absolute atomic E-state index is 0.134. The molecule has 18 heavy (non-hydrogen) atoms. The lowest BCUT2D eigenvalue weighted by Gasteiger charge is -2.17. The lowest BCUT2D eigenvalue weighted by molar-refractivity contribution is -0.123. The van der Waals surface area contributed by atoms with E-state index in [1.54, 1.807) is 0 Å². The van der Waals surface area contributed by atoms with Gasteiger partial charge in [0, 0.05) is 13.3 Å². The van der Waals surface area contributed by atoms with Crippen LogP contribution in [-0.4, -0.2) is 18.2 Å². The number of amides is 1. The van der Waals surface area contributed by atoms with Crippen molar-refractivity contribution >= 4 is 11.7 Å². The first kappa shape index (κ1) is 17.1. The van der Waals surface area contributed by atoms with Crippen molar-refractivity contribution in [2.24, 2.45) is 5.41 Å². The molecule has 3 nitrogen and oxygen atoms in total. The number of Topliss-reactive ketones (excluding diaryl/α,β-unsaturated/α-hetero) is 1. The summed E-state index contributed by atoms with van der Waals surface area (Å²) in [6.07, 6.45) is 7.70. The summed E-state index contributed by atoms with van der Waals surface area (Å²) in [5.74, 6) is 0.00502. The third kappa shape index (κ3) is 13.2. The van der Waals surface area contributed by atoms with Gasteiger partial charge >= 0.3 is 0 Å². The van der Waals surface area contributed by atoms with E-state index in [4.69, 9.17) is 0 Å². The van der Waals surface area contributed by atoms with Crippen LogP contribution in [0.3, 0.4) is 0 Å². The maximum Gasteiger partial charge on any atom is 0.217 e. The van der Waals surface area contributed by atoms with Crippen molar-refractivity contribution in [1.82, 2.24) is 5.32 Å². The van der Waals surface area contributed by atoms with E-state index in [-0.39, 0.29) is 18.2 Å². The summed E-state index contributed by atoms with van der Waals surface area (Å²) >= 11 is 0. The van der Waals surface area contributed by atoms with E-state index >= 15 is 0 Å². The largest absolute Gasteiger partial charge is 0.349 e. The zero-order valence-electron chi connectivity index (χ0n) is 12.5.